The lowest BCUT2D eigenvalue weighted by atomic mass is 10.1. The van der Waals surface area contributed by atoms with E-state index in [1.807, 2.05) is 6.92 Å². The second-order valence-electron chi connectivity index (χ2n) is 7.46. The predicted molar refractivity (Wildman–Crippen MR) is 115 cm³/mol. The number of anilines is 2. The molecular formula is C23H30N3O3+. The molecule has 0 bridgehead atoms. The van der Waals surface area contributed by atoms with Gasteiger partial charge in [0, 0.05) is 11.4 Å². The Kier molecular flexibility index (Phi) is 7.25. The van der Waals surface area contributed by atoms with Gasteiger partial charge in [-0.05, 0) is 49.2 Å². The second-order valence-corrected chi connectivity index (χ2v) is 7.46. The minimum absolute atomic E-state index is 0.00866. The molecule has 0 atom stereocenters. The van der Waals surface area contributed by atoms with Gasteiger partial charge in [-0.1, -0.05) is 25.1 Å². The number of para-hydroxylation sites is 1. The minimum Gasteiger partial charge on any atom is -0.462 e. The largest absolute Gasteiger partial charge is 0.462 e. The van der Waals surface area contributed by atoms with Gasteiger partial charge in [0.2, 0.25) is 0 Å². The van der Waals surface area contributed by atoms with Gasteiger partial charge < -0.3 is 19.9 Å². The van der Waals surface area contributed by atoms with E-state index in [1.54, 1.807) is 24.3 Å². The van der Waals surface area contributed by atoms with E-state index in [9.17, 15) is 9.59 Å². The van der Waals surface area contributed by atoms with Crippen molar-refractivity contribution in [3.05, 3.63) is 59.7 Å². The van der Waals surface area contributed by atoms with Gasteiger partial charge in [-0.2, -0.15) is 0 Å². The first-order chi connectivity index (χ1) is 14.1. The lowest BCUT2D eigenvalue weighted by Gasteiger charge is -2.34. The first-order valence-corrected chi connectivity index (χ1v) is 10.3. The fourth-order valence-corrected chi connectivity index (χ4v) is 3.56. The Balaban J connectivity index is 1.45. The topological polar surface area (TPSA) is 63.1 Å². The number of quaternary nitrogens is 1. The zero-order chi connectivity index (χ0) is 20.6. The number of benzene rings is 2. The van der Waals surface area contributed by atoms with E-state index in [2.05, 4.69) is 41.4 Å². The number of carbonyl (C=O) groups excluding carboxylic acids is 2. The summed E-state index contributed by atoms with van der Waals surface area (Å²) in [5, 5.41) is 2.93. The number of hydrogen-bond acceptors (Lipinski definition) is 4. The van der Waals surface area contributed by atoms with Crippen molar-refractivity contribution in [3.63, 3.8) is 0 Å². The van der Waals surface area contributed by atoms with Crippen LogP contribution in [0.3, 0.4) is 0 Å². The molecule has 6 nitrogen and oxygen atoms in total. The number of nitrogens with one attached hydrogen (secondary N) is 2. The molecule has 154 valence electrons. The third-order valence-corrected chi connectivity index (χ3v) is 5.18. The summed E-state index contributed by atoms with van der Waals surface area (Å²) in [6.45, 7) is 8.71. The first-order valence-electron chi connectivity index (χ1n) is 10.3. The zero-order valence-corrected chi connectivity index (χ0v) is 17.2. The third-order valence-electron chi connectivity index (χ3n) is 5.18. The van der Waals surface area contributed by atoms with Crippen molar-refractivity contribution in [2.45, 2.75) is 20.3 Å². The fraction of sp³-hybridized carbons (Fsp3) is 0.391. The Morgan fingerprint density at radius 3 is 2.41 bits per heavy atom. The van der Waals surface area contributed by atoms with Gasteiger partial charge in [-0.25, -0.2) is 4.79 Å². The monoisotopic (exact) mass is 396 g/mol. The zero-order valence-electron chi connectivity index (χ0n) is 17.2. The Labute approximate surface area is 172 Å². The highest BCUT2D eigenvalue weighted by Gasteiger charge is 2.23. The Bertz CT molecular complexity index is 828. The molecule has 6 heteroatoms. The van der Waals surface area contributed by atoms with Crippen molar-refractivity contribution < 1.29 is 19.2 Å². The van der Waals surface area contributed by atoms with E-state index in [4.69, 9.17) is 4.74 Å². The van der Waals surface area contributed by atoms with Crippen LogP contribution in [0, 0.1) is 6.92 Å². The molecule has 0 spiro atoms. The van der Waals surface area contributed by atoms with Gasteiger partial charge in [-0.15, -0.1) is 0 Å². The van der Waals surface area contributed by atoms with Crippen molar-refractivity contribution in [1.29, 1.82) is 0 Å². The van der Waals surface area contributed by atoms with Crippen LogP contribution in [0.5, 0.6) is 0 Å². The second kappa shape index (κ2) is 10.1. The maximum atomic E-state index is 12.4. The SMILES string of the molecule is CCCOC(=O)c1ccc(NC(=O)C[NH+]2CCN(c3ccccc3C)CC2)cc1. The number of nitrogens with zero attached hydrogens (tertiary/aromatic N) is 1. The number of aryl methyl sites for hydroxylation is 1. The molecule has 0 unspecified atom stereocenters. The van der Waals surface area contributed by atoms with E-state index in [0.717, 1.165) is 32.6 Å². The standard InChI is InChI=1S/C23H29N3O3/c1-3-16-29-23(28)19-8-10-20(11-9-19)24-22(27)17-25-12-14-26(15-13-25)21-7-5-4-6-18(21)2/h4-11H,3,12-17H2,1-2H3,(H,24,27)/p+1. The van der Waals surface area contributed by atoms with E-state index in [0.29, 0.717) is 24.4 Å². The maximum absolute atomic E-state index is 12.4. The molecule has 0 saturated carbocycles. The predicted octanol–water partition coefficient (Wildman–Crippen LogP) is 1.91. The quantitative estimate of drug-likeness (QED) is 0.702. The number of rotatable bonds is 7. The van der Waals surface area contributed by atoms with Gasteiger partial charge in [0.25, 0.3) is 5.91 Å². The van der Waals surface area contributed by atoms with Crippen LogP contribution in [0.25, 0.3) is 0 Å². The minimum atomic E-state index is -0.333. The van der Waals surface area contributed by atoms with Crippen LogP contribution in [-0.4, -0.2) is 51.2 Å². The van der Waals surface area contributed by atoms with Gasteiger partial charge in [-0.3, -0.25) is 4.79 Å². The molecule has 2 aromatic rings. The molecule has 0 aliphatic carbocycles. The van der Waals surface area contributed by atoms with E-state index >= 15 is 0 Å². The first kappa shape index (κ1) is 20.9. The summed E-state index contributed by atoms with van der Waals surface area (Å²) in [6, 6.07) is 15.3. The normalized spacial score (nSPS) is 14.5. The highest BCUT2D eigenvalue weighted by molar-refractivity contribution is 5.93. The lowest BCUT2D eigenvalue weighted by Crippen LogP contribution is -3.15. The van der Waals surface area contributed by atoms with Crippen LogP contribution in [0.4, 0.5) is 11.4 Å². The average Bonchev–Trinajstić information content (AvgIpc) is 2.73. The summed E-state index contributed by atoms with van der Waals surface area (Å²) < 4.78 is 5.11. The summed E-state index contributed by atoms with van der Waals surface area (Å²) in [6.07, 6.45) is 0.793. The molecule has 0 aromatic heterocycles. The molecule has 29 heavy (non-hydrogen) atoms. The fourth-order valence-electron chi connectivity index (χ4n) is 3.56. The highest BCUT2D eigenvalue weighted by atomic mass is 16.5. The molecule has 1 aliphatic heterocycles. The van der Waals surface area contributed by atoms with Crippen molar-refractivity contribution in [2.75, 3.05) is 49.5 Å². The van der Waals surface area contributed by atoms with Crippen LogP contribution in [0.15, 0.2) is 48.5 Å². The van der Waals surface area contributed by atoms with E-state index in [-0.39, 0.29) is 11.9 Å². The summed E-state index contributed by atoms with van der Waals surface area (Å²) in [7, 11) is 0. The maximum Gasteiger partial charge on any atom is 0.338 e. The Morgan fingerprint density at radius 1 is 1.07 bits per heavy atom. The lowest BCUT2D eigenvalue weighted by molar-refractivity contribution is -0.892. The molecular weight excluding hydrogens is 366 g/mol. The molecule has 1 saturated heterocycles. The molecule has 3 rings (SSSR count). The number of hydrogen-bond donors (Lipinski definition) is 2. The van der Waals surface area contributed by atoms with Crippen molar-refractivity contribution in [2.24, 2.45) is 0 Å². The van der Waals surface area contributed by atoms with Gasteiger partial charge in [0.15, 0.2) is 6.54 Å². The van der Waals surface area contributed by atoms with Gasteiger partial charge in [0.05, 0.1) is 38.3 Å². The van der Waals surface area contributed by atoms with Crippen LogP contribution < -0.4 is 15.1 Å². The Morgan fingerprint density at radius 2 is 1.76 bits per heavy atom. The van der Waals surface area contributed by atoms with Crippen molar-refractivity contribution >= 4 is 23.3 Å². The van der Waals surface area contributed by atoms with Crippen molar-refractivity contribution in [3.8, 4) is 0 Å². The Hall–Kier alpha value is -2.86. The summed E-state index contributed by atoms with van der Waals surface area (Å²) >= 11 is 0. The number of esters is 1. The number of ether oxygens (including phenoxy) is 1. The van der Waals surface area contributed by atoms with Crippen LogP contribution in [0.1, 0.15) is 29.3 Å². The van der Waals surface area contributed by atoms with Crippen molar-refractivity contribution in [1.82, 2.24) is 0 Å². The number of piperazine rings is 1. The summed E-state index contributed by atoms with van der Waals surface area (Å²) in [5.74, 6) is -0.341. The van der Waals surface area contributed by atoms with Crippen LogP contribution >= 0.6 is 0 Å². The van der Waals surface area contributed by atoms with Crippen LogP contribution in [0.2, 0.25) is 0 Å². The molecule has 1 amide bonds. The third kappa shape index (κ3) is 5.81. The van der Waals surface area contributed by atoms with E-state index in [1.165, 1.54) is 16.2 Å². The molecule has 1 aliphatic rings. The van der Waals surface area contributed by atoms with Gasteiger partial charge in [0.1, 0.15) is 0 Å². The molecule has 1 fully saturated rings. The number of amides is 1. The smallest absolute Gasteiger partial charge is 0.338 e. The molecule has 0 radical (unpaired) electrons. The van der Waals surface area contributed by atoms with Gasteiger partial charge >= 0.3 is 5.97 Å². The van der Waals surface area contributed by atoms with E-state index < -0.39 is 0 Å². The molecule has 1 heterocycles. The summed E-state index contributed by atoms with van der Waals surface area (Å²) in [4.78, 5) is 27.9. The number of carbonyl (C=O) groups is 2. The van der Waals surface area contributed by atoms with Crippen LogP contribution in [-0.2, 0) is 9.53 Å². The summed E-state index contributed by atoms with van der Waals surface area (Å²) in [5.41, 5.74) is 3.76. The highest BCUT2D eigenvalue weighted by Crippen LogP contribution is 2.18. The molecule has 2 N–H and O–H groups in total. The molecule has 2 aromatic carbocycles. The average molecular weight is 397 g/mol.